The van der Waals surface area contributed by atoms with Gasteiger partial charge in [0.15, 0.2) is 0 Å². The quantitative estimate of drug-likeness (QED) is 0.169. The van der Waals surface area contributed by atoms with Gasteiger partial charge in [-0.25, -0.2) is 0 Å². The molecule has 0 spiro atoms. The van der Waals surface area contributed by atoms with Gasteiger partial charge in [0.1, 0.15) is 0 Å². The Bertz CT molecular complexity index is 820. The summed E-state index contributed by atoms with van der Waals surface area (Å²) >= 11 is 0. The molecule has 2 heteroatoms. The Balaban J connectivity index is 2.35. The van der Waals surface area contributed by atoms with Gasteiger partial charge in [0.2, 0.25) is 0 Å². The van der Waals surface area contributed by atoms with Crippen LogP contribution >= 0.6 is 0 Å². The number of hydrogen-bond donors (Lipinski definition) is 0. The van der Waals surface area contributed by atoms with Crippen LogP contribution < -0.4 is 0 Å². The summed E-state index contributed by atoms with van der Waals surface area (Å²) in [5.74, 6) is 2.49. The number of aryl methyl sites for hydroxylation is 2. The molecule has 0 amide bonds. The standard InChI is InChI=1S/C24H28N2/c1-3-5-6-7-11-21-13-9-15-23(19-21)24(16-10-17-26-25)22-14-8-12-20(4-2)18-22/h8-10,12-16,18-19H,3-7,11H2,1-2H3. The molecule has 0 unspecified atom stereocenters. The molecule has 0 fully saturated rings. The summed E-state index contributed by atoms with van der Waals surface area (Å²) in [6.45, 7) is 4.41. The lowest BCUT2D eigenvalue weighted by Gasteiger charge is -2.11. The molecular formula is C24H28N2. The maximum absolute atomic E-state index is 8.64. The number of unbranched alkanes of at least 4 members (excludes halogenated alkanes) is 3. The Morgan fingerprint density at radius 2 is 1.65 bits per heavy atom. The molecule has 0 aliphatic heterocycles. The van der Waals surface area contributed by atoms with Crippen LogP contribution in [0.5, 0.6) is 0 Å². The van der Waals surface area contributed by atoms with Crippen LogP contribution in [0.2, 0.25) is 0 Å². The molecule has 0 aliphatic rings. The Morgan fingerprint density at radius 1 is 0.962 bits per heavy atom. The van der Waals surface area contributed by atoms with E-state index in [1.807, 2.05) is 6.08 Å². The van der Waals surface area contributed by atoms with Gasteiger partial charge in [-0.1, -0.05) is 81.6 Å². The van der Waals surface area contributed by atoms with Crippen molar-refractivity contribution < 1.29 is 4.79 Å². The number of hydrogen-bond acceptors (Lipinski definition) is 0. The van der Waals surface area contributed by atoms with Crippen LogP contribution in [0.25, 0.3) is 11.1 Å². The van der Waals surface area contributed by atoms with Gasteiger partial charge in [0.05, 0.1) is 6.08 Å². The summed E-state index contributed by atoms with van der Waals surface area (Å²) in [4.78, 5) is 2.95. The Kier molecular flexibility index (Phi) is 8.36. The van der Waals surface area contributed by atoms with Gasteiger partial charge >= 0.3 is 0 Å². The Labute approximate surface area is 157 Å². The van der Waals surface area contributed by atoms with Gasteiger partial charge in [-0.3, -0.25) is 0 Å². The molecule has 0 bridgehead atoms. The molecular weight excluding hydrogens is 316 g/mol. The van der Waals surface area contributed by atoms with Crippen molar-refractivity contribution >= 4 is 11.4 Å². The third kappa shape index (κ3) is 6.01. The van der Waals surface area contributed by atoms with E-state index in [9.17, 15) is 0 Å². The van der Waals surface area contributed by atoms with Gasteiger partial charge < -0.3 is 5.53 Å². The fourth-order valence-electron chi connectivity index (χ4n) is 3.12. The lowest BCUT2D eigenvalue weighted by molar-refractivity contribution is 0.00805. The van der Waals surface area contributed by atoms with E-state index >= 15 is 0 Å². The monoisotopic (exact) mass is 344 g/mol. The molecule has 0 N–H and O–H groups in total. The van der Waals surface area contributed by atoms with Crippen LogP contribution in [0.4, 0.5) is 0 Å². The molecule has 0 aromatic heterocycles. The summed E-state index contributed by atoms with van der Waals surface area (Å²) < 4.78 is 0. The first kappa shape index (κ1) is 19.7. The number of rotatable bonds is 9. The summed E-state index contributed by atoms with van der Waals surface area (Å²) in [7, 11) is 0. The average molecular weight is 345 g/mol. The Morgan fingerprint density at radius 3 is 2.31 bits per heavy atom. The van der Waals surface area contributed by atoms with Crippen LogP contribution in [0.1, 0.15) is 61.8 Å². The highest BCUT2D eigenvalue weighted by molar-refractivity contribution is 5.82. The molecule has 2 aromatic rings. The van der Waals surface area contributed by atoms with Crippen molar-refractivity contribution in [3.8, 4) is 0 Å². The first-order valence-electron chi connectivity index (χ1n) is 9.60. The molecule has 0 aliphatic carbocycles. The Hall–Kier alpha value is -2.66. The average Bonchev–Trinajstić information content (AvgIpc) is 2.69. The van der Waals surface area contributed by atoms with E-state index in [2.05, 4.69) is 73.0 Å². The van der Waals surface area contributed by atoms with Crippen molar-refractivity contribution in [2.75, 3.05) is 0 Å². The van der Waals surface area contributed by atoms with Gasteiger partial charge in [0.25, 0.3) is 5.87 Å². The lowest BCUT2D eigenvalue weighted by Crippen LogP contribution is -1.93. The van der Waals surface area contributed by atoms with E-state index in [0.29, 0.717) is 0 Å². The first-order chi connectivity index (χ1) is 12.8. The van der Waals surface area contributed by atoms with E-state index in [0.717, 1.165) is 18.4 Å². The van der Waals surface area contributed by atoms with Crippen molar-refractivity contribution in [3.63, 3.8) is 0 Å². The van der Waals surface area contributed by atoms with E-state index in [1.54, 1.807) is 6.08 Å². The highest BCUT2D eigenvalue weighted by Crippen LogP contribution is 2.26. The number of nitrogens with zero attached hydrogens (tertiary/aromatic N) is 2. The molecule has 134 valence electrons. The topological polar surface area (TPSA) is 36.4 Å². The molecule has 0 atom stereocenters. The van der Waals surface area contributed by atoms with Crippen molar-refractivity contribution in [1.82, 2.24) is 0 Å². The molecule has 0 saturated carbocycles. The summed E-state index contributed by atoms with van der Waals surface area (Å²) in [6.07, 6.45) is 10.8. The maximum Gasteiger partial charge on any atom is 0.299 e. The van der Waals surface area contributed by atoms with E-state index in [4.69, 9.17) is 5.53 Å². The zero-order valence-electron chi connectivity index (χ0n) is 15.9. The zero-order chi connectivity index (χ0) is 18.6. The van der Waals surface area contributed by atoms with Crippen molar-refractivity contribution in [3.05, 3.63) is 88.5 Å². The second kappa shape index (κ2) is 11.1. The first-order valence-corrected chi connectivity index (χ1v) is 9.60. The van der Waals surface area contributed by atoms with Crippen molar-refractivity contribution in [2.45, 2.75) is 52.4 Å². The fraction of sp³-hybridized carbons (Fsp3) is 0.333. The molecule has 2 nitrogen and oxygen atoms in total. The third-order valence-electron chi connectivity index (χ3n) is 4.59. The maximum atomic E-state index is 8.64. The third-order valence-corrected chi connectivity index (χ3v) is 4.59. The highest BCUT2D eigenvalue weighted by atomic mass is 14.8. The summed E-state index contributed by atoms with van der Waals surface area (Å²) in [5.41, 5.74) is 14.8. The molecule has 0 radical (unpaired) electrons. The van der Waals surface area contributed by atoms with Gasteiger partial charge in [-0.2, -0.15) is 0 Å². The lowest BCUT2D eigenvalue weighted by atomic mass is 9.93. The predicted molar refractivity (Wildman–Crippen MR) is 110 cm³/mol. The van der Waals surface area contributed by atoms with Crippen LogP contribution in [0.3, 0.4) is 0 Å². The second-order valence-corrected chi connectivity index (χ2v) is 6.54. The highest BCUT2D eigenvalue weighted by Gasteiger charge is 2.06. The number of benzene rings is 2. The molecule has 26 heavy (non-hydrogen) atoms. The molecule has 0 saturated heterocycles. The normalized spacial score (nSPS) is 10.9. The minimum Gasteiger partial charge on any atom is -0.348 e. The summed E-state index contributed by atoms with van der Waals surface area (Å²) in [6, 6.07) is 17.4. The SMILES string of the molecule is CCCCCCc1cccc(C(=CC=C=[N+]=[N-])c2cccc(CC)c2)c1. The van der Waals surface area contributed by atoms with E-state index < -0.39 is 0 Å². The van der Waals surface area contributed by atoms with Gasteiger partial charge in [-0.05, 0) is 53.2 Å². The van der Waals surface area contributed by atoms with Gasteiger partial charge in [-0.15, -0.1) is 4.79 Å². The fourth-order valence-corrected chi connectivity index (χ4v) is 3.12. The van der Waals surface area contributed by atoms with Gasteiger partial charge in [0, 0.05) is 0 Å². The predicted octanol–water partition coefficient (Wildman–Crippen LogP) is 6.26. The van der Waals surface area contributed by atoms with Crippen LogP contribution in [0, 0.1) is 0 Å². The minimum atomic E-state index is 1.01. The minimum absolute atomic E-state index is 1.01. The smallest absolute Gasteiger partial charge is 0.299 e. The van der Waals surface area contributed by atoms with Crippen LogP contribution in [-0.2, 0) is 12.8 Å². The molecule has 2 rings (SSSR count). The molecule has 2 aromatic carbocycles. The van der Waals surface area contributed by atoms with Crippen LogP contribution in [-0.4, -0.2) is 10.7 Å². The van der Waals surface area contributed by atoms with E-state index in [1.165, 1.54) is 47.9 Å². The van der Waals surface area contributed by atoms with Crippen molar-refractivity contribution in [2.24, 2.45) is 0 Å². The second-order valence-electron chi connectivity index (χ2n) is 6.54. The zero-order valence-corrected chi connectivity index (χ0v) is 15.9. The molecule has 0 heterocycles. The van der Waals surface area contributed by atoms with Crippen LogP contribution in [0.15, 0.2) is 60.7 Å². The largest absolute Gasteiger partial charge is 0.348 e. The summed E-state index contributed by atoms with van der Waals surface area (Å²) in [5, 5.41) is 0. The van der Waals surface area contributed by atoms with Crippen molar-refractivity contribution in [1.29, 1.82) is 0 Å². The number of allylic oxidation sites excluding steroid dienone is 2. The van der Waals surface area contributed by atoms with E-state index in [-0.39, 0.29) is 0 Å².